The molecular weight excluding hydrogens is 108 g/mol. The van der Waals surface area contributed by atoms with Crippen molar-refractivity contribution in [3.8, 4) is 0 Å². The summed E-state index contributed by atoms with van der Waals surface area (Å²) in [5, 5.41) is 2.72. The largest absolute Gasteiger partial charge is 0.389 e. The van der Waals surface area contributed by atoms with Crippen LogP contribution in [0.25, 0.3) is 0 Å². The zero-order valence-corrected chi connectivity index (χ0v) is 4.99. The van der Waals surface area contributed by atoms with E-state index in [4.69, 9.17) is 5.73 Å². The highest BCUT2D eigenvalue weighted by molar-refractivity contribution is 7.80. The van der Waals surface area contributed by atoms with Gasteiger partial charge in [-0.2, -0.15) is 12.6 Å². The molecule has 3 N–H and O–H groups in total. The van der Waals surface area contributed by atoms with Crippen molar-refractivity contribution in [2.45, 2.75) is 5.37 Å². The molecule has 0 saturated carbocycles. The first-order chi connectivity index (χ1) is 3.27. The van der Waals surface area contributed by atoms with Crippen molar-refractivity contribution in [1.29, 1.82) is 0 Å². The third kappa shape index (κ3) is 5.85. The topological polar surface area (TPSA) is 38.0 Å². The van der Waals surface area contributed by atoms with Crippen molar-refractivity contribution in [2.75, 3.05) is 6.54 Å². The fraction of sp³-hybridized carbons (Fsp3) is 0.500. The van der Waals surface area contributed by atoms with Gasteiger partial charge in [-0.05, 0) is 6.20 Å². The first-order valence-electron chi connectivity index (χ1n) is 2.05. The summed E-state index contributed by atoms with van der Waals surface area (Å²) in [5.74, 6) is 0. The Kier molecular flexibility index (Phi) is 3.93. The molecule has 0 amide bonds. The Hall–Kier alpha value is -0.150. The molecule has 0 aliphatic rings. The molecule has 42 valence electrons. The van der Waals surface area contributed by atoms with Gasteiger partial charge in [-0.25, -0.2) is 0 Å². The van der Waals surface area contributed by atoms with Gasteiger partial charge in [-0.1, -0.05) is 6.58 Å². The van der Waals surface area contributed by atoms with Gasteiger partial charge < -0.3 is 11.1 Å². The van der Waals surface area contributed by atoms with E-state index in [1.54, 1.807) is 6.20 Å². The third-order valence-corrected chi connectivity index (χ3v) is 0.654. The van der Waals surface area contributed by atoms with Crippen LogP contribution in [0.1, 0.15) is 0 Å². The van der Waals surface area contributed by atoms with Crippen LogP contribution in [0.15, 0.2) is 12.8 Å². The quantitative estimate of drug-likeness (QED) is 0.358. The van der Waals surface area contributed by atoms with Crippen molar-refractivity contribution in [3.63, 3.8) is 0 Å². The fourth-order valence-corrected chi connectivity index (χ4v) is 0.309. The molecule has 0 bridgehead atoms. The highest BCUT2D eigenvalue weighted by Gasteiger charge is 1.86. The molecule has 2 nitrogen and oxygen atoms in total. The average molecular weight is 118 g/mol. The molecule has 0 spiro atoms. The summed E-state index contributed by atoms with van der Waals surface area (Å²) in [4.78, 5) is 0. The summed E-state index contributed by atoms with van der Waals surface area (Å²) in [5.41, 5.74) is 5.23. The van der Waals surface area contributed by atoms with Gasteiger partial charge in [0.2, 0.25) is 0 Å². The van der Waals surface area contributed by atoms with E-state index in [1.807, 2.05) is 0 Å². The molecule has 0 aromatic carbocycles. The standard InChI is InChI=1S/C4H10N2S/c1-2-6-3-4(5)7/h2,4,6-7H,1,3,5H2. The second kappa shape index (κ2) is 4.02. The van der Waals surface area contributed by atoms with Crippen LogP contribution in [0, 0.1) is 0 Å². The summed E-state index contributed by atoms with van der Waals surface area (Å²) in [7, 11) is 0. The van der Waals surface area contributed by atoms with E-state index in [9.17, 15) is 0 Å². The summed E-state index contributed by atoms with van der Waals surface area (Å²) >= 11 is 3.90. The van der Waals surface area contributed by atoms with Crippen LogP contribution in [0.2, 0.25) is 0 Å². The normalized spacial score (nSPS) is 12.9. The van der Waals surface area contributed by atoms with Gasteiger partial charge in [-0.15, -0.1) is 0 Å². The molecular formula is C4H10N2S. The Morgan fingerprint density at radius 1 is 2.00 bits per heavy atom. The Bertz CT molecular complexity index is 53.7. The molecule has 0 radical (unpaired) electrons. The highest BCUT2D eigenvalue weighted by Crippen LogP contribution is 1.77. The van der Waals surface area contributed by atoms with Gasteiger partial charge >= 0.3 is 0 Å². The molecule has 0 heterocycles. The van der Waals surface area contributed by atoms with Crippen LogP contribution in [-0.2, 0) is 0 Å². The lowest BCUT2D eigenvalue weighted by molar-refractivity contribution is 0.807. The van der Waals surface area contributed by atoms with Crippen LogP contribution in [0.5, 0.6) is 0 Å². The van der Waals surface area contributed by atoms with Crippen LogP contribution in [-0.4, -0.2) is 11.9 Å². The maximum absolute atomic E-state index is 5.23. The molecule has 0 fully saturated rings. The summed E-state index contributed by atoms with van der Waals surface area (Å²) < 4.78 is 0. The Morgan fingerprint density at radius 3 is 2.71 bits per heavy atom. The van der Waals surface area contributed by atoms with Gasteiger partial charge in [0.05, 0.1) is 5.37 Å². The van der Waals surface area contributed by atoms with Crippen molar-refractivity contribution in [1.82, 2.24) is 5.32 Å². The van der Waals surface area contributed by atoms with E-state index >= 15 is 0 Å². The Morgan fingerprint density at radius 2 is 2.57 bits per heavy atom. The van der Waals surface area contributed by atoms with Crippen molar-refractivity contribution in [3.05, 3.63) is 12.8 Å². The Labute approximate surface area is 49.2 Å². The summed E-state index contributed by atoms with van der Waals surface area (Å²) in [6, 6.07) is 0. The minimum atomic E-state index is -0.0852. The molecule has 7 heavy (non-hydrogen) atoms. The molecule has 0 saturated heterocycles. The summed E-state index contributed by atoms with van der Waals surface area (Å²) in [6.45, 7) is 4.11. The van der Waals surface area contributed by atoms with Gasteiger partial charge in [0.15, 0.2) is 0 Å². The lowest BCUT2D eigenvalue weighted by Crippen LogP contribution is -2.25. The number of rotatable bonds is 3. The second-order valence-corrected chi connectivity index (χ2v) is 1.84. The molecule has 1 unspecified atom stereocenters. The minimum absolute atomic E-state index is 0.0852. The van der Waals surface area contributed by atoms with Gasteiger partial charge in [-0.3, -0.25) is 0 Å². The van der Waals surface area contributed by atoms with Crippen LogP contribution in [0.3, 0.4) is 0 Å². The van der Waals surface area contributed by atoms with Gasteiger partial charge in [0, 0.05) is 6.54 Å². The average Bonchev–Trinajstić information content (AvgIpc) is 1.61. The number of hydrogen-bond acceptors (Lipinski definition) is 3. The second-order valence-electron chi connectivity index (χ2n) is 1.18. The van der Waals surface area contributed by atoms with E-state index in [0.717, 1.165) is 0 Å². The number of thiol groups is 1. The maximum atomic E-state index is 5.23. The zero-order chi connectivity index (χ0) is 5.70. The summed E-state index contributed by atoms with van der Waals surface area (Å²) in [6.07, 6.45) is 1.59. The van der Waals surface area contributed by atoms with Crippen molar-refractivity contribution < 1.29 is 0 Å². The monoisotopic (exact) mass is 118 g/mol. The van der Waals surface area contributed by atoms with E-state index in [2.05, 4.69) is 24.5 Å². The predicted molar refractivity (Wildman–Crippen MR) is 35.2 cm³/mol. The van der Waals surface area contributed by atoms with Crippen molar-refractivity contribution in [2.24, 2.45) is 5.73 Å². The number of nitrogens with one attached hydrogen (secondary N) is 1. The maximum Gasteiger partial charge on any atom is 0.0652 e. The highest BCUT2D eigenvalue weighted by atomic mass is 32.1. The smallest absolute Gasteiger partial charge is 0.0652 e. The first-order valence-corrected chi connectivity index (χ1v) is 2.57. The van der Waals surface area contributed by atoms with Crippen LogP contribution >= 0.6 is 12.6 Å². The lowest BCUT2D eigenvalue weighted by Gasteiger charge is -2.00. The van der Waals surface area contributed by atoms with Gasteiger partial charge in [0.1, 0.15) is 0 Å². The van der Waals surface area contributed by atoms with E-state index in [0.29, 0.717) is 6.54 Å². The van der Waals surface area contributed by atoms with Crippen molar-refractivity contribution >= 4 is 12.6 Å². The molecule has 0 aliphatic carbocycles. The van der Waals surface area contributed by atoms with E-state index in [-0.39, 0.29) is 5.37 Å². The van der Waals surface area contributed by atoms with E-state index in [1.165, 1.54) is 0 Å². The molecule has 0 aromatic heterocycles. The molecule has 3 heteroatoms. The number of nitrogens with two attached hydrogens (primary N) is 1. The molecule has 0 aliphatic heterocycles. The number of hydrogen-bond donors (Lipinski definition) is 3. The molecule has 0 aromatic rings. The molecule has 1 atom stereocenters. The first kappa shape index (κ1) is 6.85. The minimum Gasteiger partial charge on any atom is -0.389 e. The fourth-order valence-electron chi connectivity index (χ4n) is 0.204. The SMILES string of the molecule is C=CNCC(N)S. The van der Waals surface area contributed by atoms with E-state index < -0.39 is 0 Å². The van der Waals surface area contributed by atoms with Crippen LogP contribution < -0.4 is 11.1 Å². The van der Waals surface area contributed by atoms with Crippen LogP contribution in [0.4, 0.5) is 0 Å². The third-order valence-electron chi connectivity index (χ3n) is 0.471. The zero-order valence-electron chi connectivity index (χ0n) is 4.09. The van der Waals surface area contributed by atoms with Gasteiger partial charge in [0.25, 0.3) is 0 Å². The molecule has 0 rings (SSSR count). The predicted octanol–water partition coefficient (Wildman–Crippen LogP) is -0.0659. The Balaban J connectivity index is 2.81. The lowest BCUT2D eigenvalue weighted by atomic mass is 10.6.